The maximum absolute atomic E-state index is 3.57. The Morgan fingerprint density at radius 1 is 1.20 bits per heavy atom. The zero-order valence-corrected chi connectivity index (χ0v) is 12.4. The van der Waals surface area contributed by atoms with E-state index in [-0.39, 0.29) is 5.41 Å². The van der Waals surface area contributed by atoms with Crippen molar-refractivity contribution in [2.45, 2.75) is 53.4 Å². The fourth-order valence-electron chi connectivity index (χ4n) is 1.22. The van der Waals surface area contributed by atoms with E-state index in [2.05, 4.69) is 61.8 Å². The molecule has 0 aromatic heterocycles. The lowest BCUT2D eigenvalue weighted by molar-refractivity contribution is 0.506. The molecule has 0 atom stereocenters. The van der Waals surface area contributed by atoms with E-state index in [1.165, 1.54) is 22.0 Å². The smallest absolute Gasteiger partial charge is 0.0207 e. The molecule has 86 valence electrons. The van der Waals surface area contributed by atoms with E-state index in [0.29, 0.717) is 0 Å². The minimum absolute atomic E-state index is 0.288. The standard InChI is InChI=1S/C12H17Br.C2H6/c1-5-12(3,4)10-7-6-9(2)11(13)8-10;1-2/h6-8H,5H2,1-4H3;1-2H3. The number of halogens is 1. The molecule has 0 unspecified atom stereocenters. The molecule has 1 heteroatoms. The van der Waals surface area contributed by atoms with Gasteiger partial charge in [0, 0.05) is 4.47 Å². The van der Waals surface area contributed by atoms with Gasteiger partial charge in [0.2, 0.25) is 0 Å². The van der Waals surface area contributed by atoms with Crippen LogP contribution in [0.4, 0.5) is 0 Å². The monoisotopic (exact) mass is 270 g/mol. The molecule has 0 aliphatic rings. The number of benzene rings is 1. The Balaban J connectivity index is 0.000000921. The molecule has 15 heavy (non-hydrogen) atoms. The summed E-state index contributed by atoms with van der Waals surface area (Å²) in [6.07, 6.45) is 1.17. The highest BCUT2D eigenvalue weighted by atomic mass is 79.9. The first-order valence-corrected chi connectivity index (χ1v) is 6.53. The summed E-state index contributed by atoms with van der Waals surface area (Å²) in [4.78, 5) is 0. The maximum Gasteiger partial charge on any atom is 0.0207 e. The summed E-state index contributed by atoms with van der Waals surface area (Å²) in [6, 6.07) is 6.64. The quantitative estimate of drug-likeness (QED) is 0.669. The molecule has 0 heterocycles. The van der Waals surface area contributed by atoms with Gasteiger partial charge in [0.05, 0.1) is 0 Å². The third kappa shape index (κ3) is 3.98. The molecule has 0 nitrogen and oxygen atoms in total. The summed E-state index contributed by atoms with van der Waals surface area (Å²) in [6.45, 7) is 12.9. The molecule has 1 aromatic carbocycles. The van der Waals surface area contributed by atoms with E-state index in [1.807, 2.05) is 13.8 Å². The molecule has 0 aliphatic carbocycles. The first-order valence-electron chi connectivity index (χ1n) is 5.74. The molecule has 0 aliphatic heterocycles. The minimum atomic E-state index is 0.288. The third-order valence-corrected chi connectivity index (χ3v) is 3.69. The fourth-order valence-corrected chi connectivity index (χ4v) is 1.60. The van der Waals surface area contributed by atoms with Gasteiger partial charge in [-0.3, -0.25) is 0 Å². The van der Waals surface area contributed by atoms with Crippen LogP contribution >= 0.6 is 15.9 Å². The predicted octanol–water partition coefficient (Wildman–Crippen LogP) is 5.47. The summed E-state index contributed by atoms with van der Waals surface area (Å²) in [5.74, 6) is 0. The average Bonchev–Trinajstić information content (AvgIpc) is 2.25. The van der Waals surface area contributed by atoms with Gasteiger partial charge in [-0.1, -0.05) is 62.7 Å². The van der Waals surface area contributed by atoms with Crippen LogP contribution in [0.1, 0.15) is 52.2 Å². The lowest BCUT2D eigenvalue weighted by Crippen LogP contribution is -2.15. The van der Waals surface area contributed by atoms with E-state index in [9.17, 15) is 0 Å². The number of hydrogen-bond donors (Lipinski definition) is 0. The van der Waals surface area contributed by atoms with Crippen LogP contribution in [0.2, 0.25) is 0 Å². The molecular formula is C14H23Br. The predicted molar refractivity (Wildman–Crippen MR) is 73.5 cm³/mol. The normalized spacial score (nSPS) is 10.6. The minimum Gasteiger partial charge on any atom is -0.0683 e. The zero-order chi connectivity index (χ0) is 12.1. The molecule has 1 rings (SSSR count). The molecule has 0 spiro atoms. The number of aryl methyl sites for hydroxylation is 1. The van der Waals surface area contributed by atoms with Crippen LogP contribution in [0.25, 0.3) is 0 Å². The van der Waals surface area contributed by atoms with E-state index in [1.54, 1.807) is 0 Å². The van der Waals surface area contributed by atoms with E-state index < -0.39 is 0 Å². The summed E-state index contributed by atoms with van der Waals surface area (Å²) in [7, 11) is 0. The summed E-state index contributed by atoms with van der Waals surface area (Å²) in [5.41, 5.74) is 3.00. The van der Waals surface area contributed by atoms with E-state index in [4.69, 9.17) is 0 Å². The van der Waals surface area contributed by atoms with Crippen molar-refractivity contribution in [3.63, 3.8) is 0 Å². The summed E-state index contributed by atoms with van der Waals surface area (Å²) >= 11 is 3.57. The molecular weight excluding hydrogens is 248 g/mol. The highest BCUT2D eigenvalue weighted by Crippen LogP contribution is 2.29. The van der Waals surface area contributed by atoms with Gasteiger partial charge in [0.1, 0.15) is 0 Å². The Morgan fingerprint density at radius 3 is 2.13 bits per heavy atom. The van der Waals surface area contributed by atoms with E-state index >= 15 is 0 Å². The Morgan fingerprint density at radius 2 is 1.73 bits per heavy atom. The molecule has 0 radical (unpaired) electrons. The van der Waals surface area contributed by atoms with Crippen molar-refractivity contribution in [2.75, 3.05) is 0 Å². The number of rotatable bonds is 2. The first kappa shape index (κ1) is 14.7. The van der Waals surface area contributed by atoms with Gasteiger partial charge in [0.15, 0.2) is 0 Å². The van der Waals surface area contributed by atoms with Crippen molar-refractivity contribution in [3.8, 4) is 0 Å². The Labute approximate surface area is 103 Å². The van der Waals surface area contributed by atoms with E-state index in [0.717, 1.165) is 0 Å². The third-order valence-electron chi connectivity index (χ3n) is 2.84. The lowest BCUT2D eigenvalue weighted by Gasteiger charge is -2.23. The van der Waals surface area contributed by atoms with Crippen molar-refractivity contribution in [1.82, 2.24) is 0 Å². The van der Waals surface area contributed by atoms with Gasteiger partial charge < -0.3 is 0 Å². The molecule has 1 aromatic rings. The second-order valence-electron chi connectivity index (χ2n) is 4.20. The molecule has 0 saturated carbocycles. The largest absolute Gasteiger partial charge is 0.0683 e. The van der Waals surface area contributed by atoms with Crippen LogP contribution in [0.5, 0.6) is 0 Å². The van der Waals surface area contributed by atoms with Crippen LogP contribution in [-0.4, -0.2) is 0 Å². The van der Waals surface area contributed by atoms with Crippen LogP contribution in [0.15, 0.2) is 22.7 Å². The summed E-state index contributed by atoms with van der Waals surface area (Å²) in [5, 5.41) is 0. The second kappa shape index (κ2) is 6.32. The first-order chi connectivity index (χ1) is 6.97. The average molecular weight is 271 g/mol. The second-order valence-corrected chi connectivity index (χ2v) is 5.06. The van der Waals surface area contributed by atoms with Crippen LogP contribution in [0, 0.1) is 6.92 Å². The topological polar surface area (TPSA) is 0 Å². The lowest BCUT2D eigenvalue weighted by atomic mass is 9.82. The zero-order valence-electron chi connectivity index (χ0n) is 10.8. The van der Waals surface area contributed by atoms with Gasteiger partial charge in [-0.05, 0) is 36.0 Å². The number of hydrogen-bond acceptors (Lipinski definition) is 0. The Kier molecular flexibility index (Phi) is 6.19. The van der Waals surface area contributed by atoms with Crippen LogP contribution < -0.4 is 0 Å². The van der Waals surface area contributed by atoms with Crippen molar-refractivity contribution in [3.05, 3.63) is 33.8 Å². The van der Waals surface area contributed by atoms with Gasteiger partial charge in [-0.25, -0.2) is 0 Å². The maximum atomic E-state index is 3.57. The Hall–Kier alpha value is -0.300. The van der Waals surface area contributed by atoms with Crippen LogP contribution in [-0.2, 0) is 5.41 Å². The van der Waals surface area contributed by atoms with Gasteiger partial charge >= 0.3 is 0 Å². The highest BCUT2D eigenvalue weighted by Gasteiger charge is 2.18. The van der Waals surface area contributed by atoms with Crippen molar-refractivity contribution in [1.29, 1.82) is 0 Å². The molecule has 0 bridgehead atoms. The van der Waals surface area contributed by atoms with Gasteiger partial charge in [0.25, 0.3) is 0 Å². The van der Waals surface area contributed by atoms with Crippen molar-refractivity contribution < 1.29 is 0 Å². The Bertz CT molecular complexity index is 300. The van der Waals surface area contributed by atoms with Crippen molar-refractivity contribution >= 4 is 15.9 Å². The molecule has 0 fully saturated rings. The SMILES string of the molecule is CC.CCC(C)(C)c1ccc(C)c(Br)c1. The van der Waals surface area contributed by atoms with Crippen LogP contribution in [0.3, 0.4) is 0 Å². The molecule has 0 amide bonds. The van der Waals surface area contributed by atoms with Gasteiger partial charge in [-0.15, -0.1) is 0 Å². The van der Waals surface area contributed by atoms with Crippen molar-refractivity contribution in [2.24, 2.45) is 0 Å². The summed E-state index contributed by atoms with van der Waals surface area (Å²) < 4.78 is 1.21. The molecule has 0 N–H and O–H groups in total. The highest BCUT2D eigenvalue weighted by molar-refractivity contribution is 9.10. The van der Waals surface area contributed by atoms with Gasteiger partial charge in [-0.2, -0.15) is 0 Å². The molecule has 0 saturated heterocycles. The fraction of sp³-hybridized carbons (Fsp3) is 0.571.